The zero-order valence-corrected chi connectivity index (χ0v) is 22.3. The highest BCUT2D eigenvalue weighted by Crippen LogP contribution is 2.27. The van der Waals surface area contributed by atoms with Crippen molar-refractivity contribution in [1.29, 1.82) is 0 Å². The van der Waals surface area contributed by atoms with Crippen LogP contribution >= 0.6 is 23.2 Å². The van der Waals surface area contributed by atoms with Gasteiger partial charge in [-0.25, -0.2) is 8.42 Å². The van der Waals surface area contributed by atoms with Crippen molar-refractivity contribution in [3.63, 3.8) is 0 Å². The van der Waals surface area contributed by atoms with Crippen LogP contribution in [0.2, 0.25) is 10.0 Å². The summed E-state index contributed by atoms with van der Waals surface area (Å²) in [6.07, 6.45) is 0.722. The molecule has 2 rings (SSSR count). The van der Waals surface area contributed by atoms with Gasteiger partial charge in [0, 0.05) is 35.2 Å². The molecule has 0 radical (unpaired) electrons. The first-order chi connectivity index (χ1) is 15.9. The molecule has 2 amide bonds. The highest BCUT2D eigenvalue weighted by Gasteiger charge is 2.31. The third kappa shape index (κ3) is 6.95. The summed E-state index contributed by atoms with van der Waals surface area (Å²) in [5.41, 5.74) is 1.40. The molecule has 0 saturated heterocycles. The third-order valence-corrected chi connectivity index (χ3v) is 8.17. The Morgan fingerprint density at radius 3 is 2.12 bits per heavy atom. The molecule has 186 valence electrons. The molecule has 0 spiro atoms. The van der Waals surface area contributed by atoms with Gasteiger partial charge in [0.1, 0.15) is 6.04 Å². The number of nitrogens with zero attached hydrogens (tertiary/aromatic N) is 2. The number of aryl methyl sites for hydroxylation is 1. The highest BCUT2D eigenvalue weighted by atomic mass is 35.5. The highest BCUT2D eigenvalue weighted by molar-refractivity contribution is 7.89. The summed E-state index contributed by atoms with van der Waals surface area (Å²) in [4.78, 5) is 27.6. The Balaban J connectivity index is 2.34. The van der Waals surface area contributed by atoms with Gasteiger partial charge in [-0.1, -0.05) is 53.9 Å². The van der Waals surface area contributed by atoms with E-state index in [4.69, 9.17) is 23.2 Å². The number of likely N-dealkylation sites (N-methyl/N-ethyl adjacent to an activating group) is 1. The number of benzene rings is 2. The average Bonchev–Trinajstić information content (AvgIpc) is 2.78. The van der Waals surface area contributed by atoms with Crippen LogP contribution in [0.4, 0.5) is 0 Å². The number of sulfonamides is 1. The van der Waals surface area contributed by atoms with Gasteiger partial charge in [-0.2, -0.15) is 4.31 Å². The van der Waals surface area contributed by atoms with E-state index in [1.54, 1.807) is 37.3 Å². The van der Waals surface area contributed by atoms with Gasteiger partial charge in [0.15, 0.2) is 0 Å². The van der Waals surface area contributed by atoms with Gasteiger partial charge in [0.2, 0.25) is 21.8 Å². The number of halogens is 2. The van der Waals surface area contributed by atoms with Crippen molar-refractivity contribution >= 4 is 45.0 Å². The summed E-state index contributed by atoms with van der Waals surface area (Å²) < 4.78 is 27.0. The maximum Gasteiger partial charge on any atom is 0.243 e. The molecule has 1 N–H and O–H groups in total. The molecule has 7 nitrogen and oxygen atoms in total. The van der Waals surface area contributed by atoms with Crippen molar-refractivity contribution in [1.82, 2.24) is 14.5 Å². The molecule has 0 heterocycles. The first-order valence-electron chi connectivity index (χ1n) is 10.9. The number of hydrogen-bond acceptors (Lipinski definition) is 4. The quantitative estimate of drug-likeness (QED) is 0.500. The van der Waals surface area contributed by atoms with Gasteiger partial charge in [-0.3, -0.25) is 9.59 Å². The van der Waals surface area contributed by atoms with Crippen molar-refractivity contribution in [2.24, 2.45) is 0 Å². The molecule has 2 aromatic carbocycles. The van der Waals surface area contributed by atoms with Crippen LogP contribution in [0.25, 0.3) is 0 Å². The molecule has 2 aromatic rings. The number of nitrogens with one attached hydrogen (secondary N) is 1. The van der Waals surface area contributed by atoms with E-state index < -0.39 is 28.5 Å². The maximum absolute atomic E-state index is 13.4. The molecule has 10 heteroatoms. The Morgan fingerprint density at radius 1 is 1.03 bits per heavy atom. The second-order valence-electron chi connectivity index (χ2n) is 8.29. The second-order valence-corrected chi connectivity index (χ2v) is 11.1. The molecule has 0 aliphatic heterocycles. The monoisotopic (exact) mass is 527 g/mol. The normalized spacial score (nSPS) is 13.4. The van der Waals surface area contributed by atoms with Crippen molar-refractivity contribution in [3.8, 4) is 0 Å². The smallest absolute Gasteiger partial charge is 0.243 e. The van der Waals surface area contributed by atoms with Crippen LogP contribution in [0.15, 0.2) is 47.4 Å². The molecular formula is C24H31Cl2N3O4S. The SMILES string of the molecule is CC[C@H](C)NC(=O)[C@@H](C)N(Cc1c(Cl)cccc1Cl)C(=O)CN(C)S(=O)(=O)c1ccc(C)cc1. The minimum Gasteiger partial charge on any atom is -0.352 e. The van der Waals surface area contributed by atoms with E-state index >= 15 is 0 Å². The van der Waals surface area contributed by atoms with Crippen molar-refractivity contribution < 1.29 is 18.0 Å². The van der Waals surface area contributed by atoms with Crippen LogP contribution in [0.3, 0.4) is 0 Å². The predicted octanol–water partition coefficient (Wildman–Crippen LogP) is 4.25. The van der Waals surface area contributed by atoms with Crippen LogP contribution in [-0.2, 0) is 26.2 Å². The topological polar surface area (TPSA) is 86.8 Å². The van der Waals surface area contributed by atoms with E-state index in [-0.39, 0.29) is 23.4 Å². The number of carbonyl (C=O) groups is 2. The van der Waals surface area contributed by atoms with Crippen molar-refractivity contribution in [2.75, 3.05) is 13.6 Å². The molecule has 34 heavy (non-hydrogen) atoms. The zero-order valence-electron chi connectivity index (χ0n) is 20.0. The number of rotatable bonds is 10. The fourth-order valence-electron chi connectivity index (χ4n) is 3.16. The molecule has 0 aliphatic rings. The van der Waals surface area contributed by atoms with Crippen LogP contribution in [0, 0.1) is 6.92 Å². The second kappa shape index (κ2) is 12.0. The fraction of sp³-hybridized carbons (Fsp3) is 0.417. The Labute approximate surface area is 212 Å². The van der Waals surface area contributed by atoms with Gasteiger partial charge in [-0.15, -0.1) is 0 Å². The van der Waals surface area contributed by atoms with Gasteiger partial charge >= 0.3 is 0 Å². The zero-order chi connectivity index (χ0) is 25.6. The first-order valence-corrected chi connectivity index (χ1v) is 13.1. The molecule has 0 unspecified atom stereocenters. The van der Waals surface area contributed by atoms with E-state index in [1.165, 1.54) is 24.1 Å². The predicted molar refractivity (Wildman–Crippen MR) is 135 cm³/mol. The van der Waals surface area contributed by atoms with Crippen LogP contribution in [0.5, 0.6) is 0 Å². The summed E-state index contributed by atoms with van der Waals surface area (Å²) in [6.45, 7) is 6.74. The molecule has 0 saturated carbocycles. The van der Waals surface area contributed by atoms with Gasteiger partial charge in [-0.05, 0) is 51.5 Å². The Morgan fingerprint density at radius 2 is 1.59 bits per heavy atom. The average molecular weight is 529 g/mol. The fourth-order valence-corrected chi connectivity index (χ4v) is 4.80. The lowest BCUT2D eigenvalue weighted by Gasteiger charge is -2.31. The molecule has 0 aliphatic carbocycles. The molecule has 0 bridgehead atoms. The standard InChI is InChI=1S/C24H31Cl2N3O4S/c1-6-17(3)27-24(31)18(4)29(14-20-21(25)8-7-9-22(20)26)23(30)15-28(5)34(32,33)19-12-10-16(2)11-13-19/h7-13,17-18H,6,14-15H2,1-5H3,(H,27,31)/t17-,18+/m0/s1. The third-order valence-electron chi connectivity index (χ3n) is 5.65. The molecule has 2 atom stereocenters. The van der Waals surface area contributed by atoms with E-state index in [9.17, 15) is 18.0 Å². The van der Waals surface area contributed by atoms with Crippen LogP contribution in [-0.4, -0.2) is 55.1 Å². The molecular weight excluding hydrogens is 497 g/mol. The van der Waals surface area contributed by atoms with Gasteiger partial charge < -0.3 is 10.2 Å². The summed E-state index contributed by atoms with van der Waals surface area (Å²) in [7, 11) is -2.58. The van der Waals surface area contributed by atoms with E-state index in [1.807, 2.05) is 20.8 Å². The van der Waals surface area contributed by atoms with Gasteiger partial charge in [0.25, 0.3) is 0 Å². The summed E-state index contributed by atoms with van der Waals surface area (Å²) in [5.74, 6) is -0.907. The van der Waals surface area contributed by atoms with Crippen molar-refractivity contribution in [2.45, 2.75) is 57.6 Å². The summed E-state index contributed by atoms with van der Waals surface area (Å²) in [5, 5.41) is 3.56. The lowest BCUT2D eigenvalue weighted by Crippen LogP contribution is -2.52. The van der Waals surface area contributed by atoms with Gasteiger partial charge in [0.05, 0.1) is 11.4 Å². The number of amides is 2. The largest absolute Gasteiger partial charge is 0.352 e. The molecule has 0 aromatic heterocycles. The van der Waals surface area contributed by atoms with Crippen LogP contribution in [0.1, 0.15) is 38.3 Å². The number of hydrogen-bond donors (Lipinski definition) is 1. The lowest BCUT2D eigenvalue weighted by molar-refractivity contribution is -0.140. The number of carbonyl (C=O) groups excluding carboxylic acids is 2. The van der Waals surface area contributed by atoms with E-state index in [0.29, 0.717) is 15.6 Å². The van der Waals surface area contributed by atoms with Crippen molar-refractivity contribution in [3.05, 3.63) is 63.6 Å². The lowest BCUT2D eigenvalue weighted by atomic mass is 10.1. The summed E-state index contributed by atoms with van der Waals surface area (Å²) in [6, 6.07) is 10.4. The minimum atomic E-state index is -3.91. The Bertz CT molecular complexity index is 1100. The van der Waals surface area contributed by atoms with E-state index in [0.717, 1.165) is 16.3 Å². The minimum absolute atomic E-state index is 0.0507. The van der Waals surface area contributed by atoms with E-state index in [2.05, 4.69) is 5.32 Å². The summed E-state index contributed by atoms with van der Waals surface area (Å²) >= 11 is 12.6. The molecule has 0 fully saturated rings. The van der Waals surface area contributed by atoms with Crippen LogP contribution < -0.4 is 5.32 Å². The Kier molecular flexibility index (Phi) is 9.94. The Hall–Kier alpha value is -2.13. The maximum atomic E-state index is 13.4. The first kappa shape index (κ1) is 28.1.